The Labute approximate surface area is 143 Å². The fraction of sp³-hybridized carbons (Fsp3) is 0. The lowest BCUT2D eigenvalue weighted by atomic mass is 10.0. The molecule has 0 unspecified atom stereocenters. The van der Waals surface area contributed by atoms with Crippen LogP contribution in [-0.4, -0.2) is 16.2 Å². The van der Waals surface area contributed by atoms with Gasteiger partial charge in [-0.1, -0.05) is 60.7 Å². The molecule has 4 nitrogen and oxygen atoms in total. The summed E-state index contributed by atoms with van der Waals surface area (Å²) < 4.78 is 5.89. The van der Waals surface area contributed by atoms with Crippen LogP contribution in [-0.2, 0) is 0 Å². The predicted octanol–water partition coefficient (Wildman–Crippen LogP) is 5.19. The van der Waals surface area contributed by atoms with Gasteiger partial charge in [-0.25, -0.2) is 4.79 Å². The zero-order valence-corrected chi connectivity index (χ0v) is 13.1. The molecule has 2 N–H and O–H groups in total. The van der Waals surface area contributed by atoms with Crippen molar-refractivity contribution in [3.63, 3.8) is 0 Å². The highest BCUT2D eigenvalue weighted by Gasteiger charge is 2.18. The van der Waals surface area contributed by atoms with E-state index in [1.165, 1.54) is 0 Å². The second-order valence-electron chi connectivity index (χ2n) is 5.70. The number of phenolic OH excluding ortho intramolecular Hbond substituents is 1. The van der Waals surface area contributed by atoms with Crippen LogP contribution < -0.4 is 4.74 Å². The Balaban J connectivity index is 1.94. The number of hydrogen-bond donors (Lipinski definition) is 2. The molecule has 4 aromatic rings. The summed E-state index contributed by atoms with van der Waals surface area (Å²) in [5.74, 6) is -0.677. The molecule has 0 aromatic heterocycles. The third-order valence-corrected chi connectivity index (χ3v) is 4.18. The number of carboxylic acid groups (broad SMARTS) is 1. The summed E-state index contributed by atoms with van der Waals surface area (Å²) in [4.78, 5) is 11.8. The van der Waals surface area contributed by atoms with E-state index in [4.69, 9.17) is 4.74 Å². The minimum Gasteiger partial charge on any atom is -0.504 e. The molecule has 0 heterocycles. The fourth-order valence-corrected chi connectivity index (χ4v) is 3.01. The zero-order valence-electron chi connectivity index (χ0n) is 13.1. The molecule has 0 atom stereocenters. The van der Waals surface area contributed by atoms with E-state index in [2.05, 4.69) is 0 Å². The molecule has 0 spiro atoms. The fourth-order valence-electron chi connectivity index (χ4n) is 3.01. The van der Waals surface area contributed by atoms with E-state index in [1.807, 2.05) is 36.4 Å². The lowest BCUT2D eigenvalue weighted by Crippen LogP contribution is -2.01. The molecular formula is C21H14O4. The maximum absolute atomic E-state index is 11.8. The molecule has 0 saturated carbocycles. The molecule has 25 heavy (non-hydrogen) atoms. The Morgan fingerprint density at radius 2 is 1.36 bits per heavy atom. The number of aromatic hydroxyl groups is 1. The summed E-state index contributed by atoms with van der Waals surface area (Å²) in [5.41, 5.74) is 0.0745. The van der Waals surface area contributed by atoms with Gasteiger partial charge in [0, 0.05) is 5.39 Å². The summed E-state index contributed by atoms with van der Waals surface area (Å²) in [7, 11) is 0. The number of carboxylic acids is 1. The third kappa shape index (κ3) is 2.54. The molecule has 0 bridgehead atoms. The van der Waals surface area contributed by atoms with Crippen molar-refractivity contribution in [3.8, 4) is 17.2 Å². The van der Waals surface area contributed by atoms with Crippen molar-refractivity contribution in [2.45, 2.75) is 0 Å². The number of hydrogen-bond acceptors (Lipinski definition) is 3. The van der Waals surface area contributed by atoms with Crippen molar-refractivity contribution in [3.05, 3.63) is 78.4 Å². The Hall–Kier alpha value is -3.53. The van der Waals surface area contributed by atoms with Gasteiger partial charge in [-0.05, 0) is 28.3 Å². The maximum atomic E-state index is 11.8. The molecule has 0 radical (unpaired) electrons. The molecule has 0 fully saturated rings. The molecule has 0 aliphatic heterocycles. The topological polar surface area (TPSA) is 66.8 Å². The van der Waals surface area contributed by atoms with E-state index in [1.54, 1.807) is 36.4 Å². The van der Waals surface area contributed by atoms with Crippen LogP contribution in [0, 0.1) is 0 Å². The number of phenols is 1. The summed E-state index contributed by atoms with van der Waals surface area (Å²) in [6.07, 6.45) is 0. The predicted molar refractivity (Wildman–Crippen MR) is 96.6 cm³/mol. The minimum atomic E-state index is -1.08. The van der Waals surface area contributed by atoms with Crippen LogP contribution in [0.25, 0.3) is 21.5 Å². The van der Waals surface area contributed by atoms with Gasteiger partial charge in [-0.3, -0.25) is 0 Å². The summed E-state index contributed by atoms with van der Waals surface area (Å²) in [5, 5.41) is 22.9. The highest BCUT2D eigenvalue weighted by Crippen LogP contribution is 2.40. The van der Waals surface area contributed by atoms with Gasteiger partial charge >= 0.3 is 5.97 Å². The van der Waals surface area contributed by atoms with Crippen molar-refractivity contribution in [1.82, 2.24) is 0 Å². The normalized spacial score (nSPS) is 10.9. The van der Waals surface area contributed by atoms with Crippen LogP contribution in [0.3, 0.4) is 0 Å². The Morgan fingerprint density at radius 3 is 2.08 bits per heavy atom. The number of carbonyl (C=O) groups is 1. The molecular weight excluding hydrogens is 316 g/mol. The Morgan fingerprint density at radius 1 is 0.760 bits per heavy atom. The second kappa shape index (κ2) is 5.83. The first-order valence-electron chi connectivity index (χ1n) is 7.79. The molecule has 4 rings (SSSR count). The van der Waals surface area contributed by atoms with Crippen LogP contribution >= 0.6 is 0 Å². The molecule has 4 aromatic carbocycles. The third-order valence-electron chi connectivity index (χ3n) is 4.18. The lowest BCUT2D eigenvalue weighted by Gasteiger charge is -2.14. The van der Waals surface area contributed by atoms with Gasteiger partial charge in [0.15, 0.2) is 11.5 Å². The van der Waals surface area contributed by atoms with E-state index in [9.17, 15) is 15.0 Å². The number of rotatable bonds is 3. The number of ether oxygens (including phenoxy) is 1. The number of benzene rings is 4. The van der Waals surface area contributed by atoms with Crippen molar-refractivity contribution >= 4 is 27.5 Å². The van der Waals surface area contributed by atoms with Crippen molar-refractivity contribution in [1.29, 1.82) is 0 Å². The average Bonchev–Trinajstić information content (AvgIpc) is 2.63. The molecule has 0 saturated heterocycles. The lowest BCUT2D eigenvalue weighted by molar-refractivity contribution is 0.0696. The first-order chi connectivity index (χ1) is 12.1. The molecule has 0 aliphatic carbocycles. The van der Waals surface area contributed by atoms with Gasteiger partial charge in [0.05, 0.1) is 0 Å². The highest BCUT2D eigenvalue weighted by molar-refractivity contribution is 6.06. The van der Waals surface area contributed by atoms with Crippen LogP contribution in [0.15, 0.2) is 72.8 Å². The van der Waals surface area contributed by atoms with Gasteiger partial charge < -0.3 is 14.9 Å². The SMILES string of the molecule is O=C(O)c1c(Oc2c(O)ccc3ccccc23)ccc2ccccc12. The molecule has 122 valence electrons. The standard InChI is InChI=1S/C21H14O4/c22-17-11-9-14-6-2-4-8-16(14)20(17)25-18-12-10-13-5-1-3-7-15(13)19(18)21(23)24/h1-12,22H,(H,23,24). The monoisotopic (exact) mass is 330 g/mol. The van der Waals surface area contributed by atoms with Crippen LogP contribution in [0.1, 0.15) is 10.4 Å². The number of aromatic carboxylic acids is 1. The van der Waals surface area contributed by atoms with E-state index >= 15 is 0 Å². The maximum Gasteiger partial charge on any atom is 0.340 e. The minimum absolute atomic E-state index is 0.0387. The van der Waals surface area contributed by atoms with Gasteiger partial charge in [0.25, 0.3) is 0 Å². The smallest absolute Gasteiger partial charge is 0.340 e. The first-order valence-corrected chi connectivity index (χ1v) is 7.79. The van der Waals surface area contributed by atoms with Gasteiger partial charge in [-0.2, -0.15) is 0 Å². The van der Waals surface area contributed by atoms with Gasteiger partial charge in [-0.15, -0.1) is 0 Å². The molecule has 0 aliphatic rings. The average molecular weight is 330 g/mol. The van der Waals surface area contributed by atoms with Gasteiger partial charge in [0.2, 0.25) is 0 Å². The van der Waals surface area contributed by atoms with E-state index < -0.39 is 5.97 Å². The number of fused-ring (bicyclic) bond motifs is 2. The van der Waals surface area contributed by atoms with E-state index in [0.29, 0.717) is 10.8 Å². The Bertz CT molecular complexity index is 1120. The van der Waals surface area contributed by atoms with E-state index in [0.717, 1.165) is 10.8 Å². The Kier molecular flexibility index (Phi) is 3.51. The van der Waals surface area contributed by atoms with Crippen molar-refractivity contribution < 1.29 is 19.7 Å². The van der Waals surface area contributed by atoms with Gasteiger partial charge in [0.1, 0.15) is 11.3 Å². The highest BCUT2D eigenvalue weighted by atomic mass is 16.5. The van der Waals surface area contributed by atoms with Crippen LogP contribution in [0.2, 0.25) is 0 Å². The quantitative estimate of drug-likeness (QED) is 0.542. The van der Waals surface area contributed by atoms with Crippen molar-refractivity contribution in [2.24, 2.45) is 0 Å². The zero-order chi connectivity index (χ0) is 17.4. The second-order valence-corrected chi connectivity index (χ2v) is 5.70. The largest absolute Gasteiger partial charge is 0.504 e. The molecule has 4 heteroatoms. The van der Waals surface area contributed by atoms with E-state index in [-0.39, 0.29) is 22.8 Å². The summed E-state index contributed by atoms with van der Waals surface area (Å²) >= 11 is 0. The summed E-state index contributed by atoms with van der Waals surface area (Å²) in [6, 6.07) is 21.4. The van der Waals surface area contributed by atoms with Crippen molar-refractivity contribution in [2.75, 3.05) is 0 Å². The molecule has 0 amide bonds. The van der Waals surface area contributed by atoms with Crippen LogP contribution in [0.5, 0.6) is 17.2 Å². The van der Waals surface area contributed by atoms with Crippen LogP contribution in [0.4, 0.5) is 0 Å². The first kappa shape index (κ1) is 15.0. The summed E-state index contributed by atoms with van der Waals surface area (Å²) in [6.45, 7) is 0.